The van der Waals surface area contributed by atoms with Crippen molar-refractivity contribution < 1.29 is 26.4 Å². The molecule has 30 valence electrons. The van der Waals surface area contributed by atoms with Crippen molar-refractivity contribution in [2.24, 2.45) is 0 Å². The van der Waals surface area contributed by atoms with Gasteiger partial charge in [0, 0.05) is 16.5 Å². The summed E-state index contributed by atoms with van der Waals surface area (Å²) >= 11 is 0. The predicted octanol–water partition coefficient (Wildman–Crippen LogP) is -0.950. The number of hydrogen-bond donors (Lipinski definition) is 1. The summed E-state index contributed by atoms with van der Waals surface area (Å²) in [6.07, 6.45) is 0. The Balaban J connectivity index is -0.0000000200. The van der Waals surface area contributed by atoms with Crippen LogP contribution in [-0.4, -0.2) is 30.4 Å². The molecule has 1 N–H and O–H groups in total. The van der Waals surface area contributed by atoms with Crippen molar-refractivity contribution in [2.45, 2.75) is 0 Å². The van der Waals surface area contributed by atoms with Crippen LogP contribution >= 0.6 is 0 Å². The molecular formula is CH3LiNiO2. The van der Waals surface area contributed by atoms with Gasteiger partial charge in [0.1, 0.15) is 0 Å². The van der Waals surface area contributed by atoms with Gasteiger partial charge in [-0.1, -0.05) is 0 Å². The average Bonchev–Trinajstić information content (AvgIpc) is 0.918. The molecule has 2 nitrogen and oxygen atoms in total. The molecule has 0 radical (unpaired) electrons. The van der Waals surface area contributed by atoms with Crippen molar-refractivity contribution in [3.63, 3.8) is 0 Å². The molecule has 0 aromatic heterocycles. The zero-order valence-corrected chi connectivity index (χ0v) is 2.74. The fourth-order valence-electron chi connectivity index (χ4n) is 0. The Kier molecular flexibility index (Phi) is 83.7. The summed E-state index contributed by atoms with van der Waals surface area (Å²) in [7, 11) is 0. The molecule has 0 aliphatic heterocycles. The van der Waals surface area contributed by atoms with Crippen LogP contribution in [0.5, 0.6) is 0 Å². The Morgan fingerprint density at radius 2 is 1.60 bits per heavy atom. The van der Waals surface area contributed by atoms with Crippen molar-refractivity contribution in [1.82, 2.24) is 0 Å². The minimum Gasteiger partial charge on any atom is 0 e. The van der Waals surface area contributed by atoms with Crippen LogP contribution in [0.25, 0.3) is 0 Å². The third kappa shape index (κ3) is 95.1. The number of carbonyl (C=O) groups is 1. The smallest absolute Gasteiger partial charge is 0 e. The maximum Gasteiger partial charge on any atom is 0 e. The number of hydrogen-bond acceptors (Lipinski definition) is 1. The molecule has 0 aromatic rings. The summed E-state index contributed by atoms with van der Waals surface area (Å²) in [6, 6.07) is 0. The van der Waals surface area contributed by atoms with Gasteiger partial charge in [0.25, 0.3) is 6.47 Å². The molecule has 0 unspecified atom stereocenters. The van der Waals surface area contributed by atoms with E-state index in [9.17, 15) is 0 Å². The Hall–Kier alpha value is 0.561. The zero-order valence-electron chi connectivity index (χ0n) is 1.75. The average molecular weight is 113 g/mol. The van der Waals surface area contributed by atoms with E-state index in [1.807, 2.05) is 0 Å². The molecular weight excluding hydrogens is 110 g/mol. The normalized spacial score (nSPS) is 2.40. The van der Waals surface area contributed by atoms with Gasteiger partial charge in [0.2, 0.25) is 0 Å². The molecule has 0 aliphatic carbocycles. The minimum atomic E-state index is -0.250. The third-order valence-corrected chi connectivity index (χ3v) is 0. The molecule has 0 saturated heterocycles. The van der Waals surface area contributed by atoms with E-state index >= 15 is 0 Å². The van der Waals surface area contributed by atoms with E-state index in [4.69, 9.17) is 9.90 Å². The first-order chi connectivity index (χ1) is 1.41. The van der Waals surface area contributed by atoms with E-state index in [1.54, 1.807) is 0 Å². The molecule has 0 rings (SSSR count). The van der Waals surface area contributed by atoms with Gasteiger partial charge in [0.05, 0.1) is 0 Å². The van der Waals surface area contributed by atoms with Crippen LogP contribution in [-0.2, 0) is 21.3 Å². The molecule has 5 heavy (non-hydrogen) atoms. The van der Waals surface area contributed by atoms with Gasteiger partial charge < -0.3 is 5.11 Å². The first-order valence-corrected chi connectivity index (χ1v) is 0.494. The van der Waals surface area contributed by atoms with Crippen molar-refractivity contribution in [1.29, 1.82) is 0 Å². The second-order valence-corrected chi connectivity index (χ2v) is 0.105. The summed E-state index contributed by atoms with van der Waals surface area (Å²) < 4.78 is 0. The van der Waals surface area contributed by atoms with Gasteiger partial charge in [0.15, 0.2) is 0 Å². The zero-order chi connectivity index (χ0) is 2.71. The minimum absolute atomic E-state index is 0. The molecule has 0 aromatic carbocycles. The van der Waals surface area contributed by atoms with Gasteiger partial charge in [-0.25, -0.2) is 0 Å². The van der Waals surface area contributed by atoms with Gasteiger partial charge in [-0.2, -0.15) is 0 Å². The van der Waals surface area contributed by atoms with Gasteiger partial charge in [-0.05, 0) is 0 Å². The molecule has 4 heteroatoms. The fourth-order valence-corrected chi connectivity index (χ4v) is 0. The van der Waals surface area contributed by atoms with E-state index in [1.165, 1.54) is 0 Å². The van der Waals surface area contributed by atoms with E-state index < -0.39 is 0 Å². The standard InChI is InChI=1S/CH2O2.Li.Ni.H/c2-1-3;;;/h1H,(H,2,3);;;. The molecule has 0 heterocycles. The molecule has 0 bridgehead atoms. The van der Waals surface area contributed by atoms with Crippen LogP contribution in [0.3, 0.4) is 0 Å². The SMILES string of the molecule is O=CO.[LiH].[Ni]. The summed E-state index contributed by atoms with van der Waals surface area (Å²) in [5.41, 5.74) is 0. The number of rotatable bonds is 0. The molecule has 0 atom stereocenters. The van der Waals surface area contributed by atoms with Crippen molar-refractivity contribution in [3.05, 3.63) is 0 Å². The second-order valence-electron chi connectivity index (χ2n) is 0.105. The Morgan fingerprint density at radius 1 is 1.60 bits per heavy atom. The van der Waals surface area contributed by atoms with Crippen LogP contribution in [0.2, 0.25) is 0 Å². The van der Waals surface area contributed by atoms with Crippen molar-refractivity contribution in [3.8, 4) is 0 Å². The predicted molar refractivity (Wildman–Crippen MR) is 15.8 cm³/mol. The quantitative estimate of drug-likeness (QED) is 0.324. The van der Waals surface area contributed by atoms with Gasteiger partial charge in [-0.3, -0.25) is 4.79 Å². The molecule has 0 spiro atoms. The molecule has 0 saturated carbocycles. The topological polar surface area (TPSA) is 37.3 Å². The fraction of sp³-hybridized carbons (Fsp3) is 0. The number of carboxylic acid groups (broad SMARTS) is 1. The van der Waals surface area contributed by atoms with Crippen LogP contribution in [0, 0.1) is 0 Å². The summed E-state index contributed by atoms with van der Waals surface area (Å²) in [5, 5.41) is 6.89. The van der Waals surface area contributed by atoms with Crippen molar-refractivity contribution >= 4 is 25.3 Å². The Morgan fingerprint density at radius 3 is 1.60 bits per heavy atom. The van der Waals surface area contributed by atoms with E-state index in [2.05, 4.69) is 0 Å². The van der Waals surface area contributed by atoms with Gasteiger partial charge in [-0.15, -0.1) is 0 Å². The van der Waals surface area contributed by atoms with Gasteiger partial charge >= 0.3 is 18.9 Å². The monoisotopic (exact) mass is 112 g/mol. The van der Waals surface area contributed by atoms with Crippen LogP contribution in [0.4, 0.5) is 0 Å². The summed E-state index contributed by atoms with van der Waals surface area (Å²) in [5.74, 6) is 0. The molecule has 0 fully saturated rings. The first kappa shape index (κ1) is 17.6. The maximum atomic E-state index is 8.36. The Bertz CT molecular complexity index is 17.1. The van der Waals surface area contributed by atoms with Crippen LogP contribution in [0.15, 0.2) is 0 Å². The molecule has 0 aliphatic rings. The van der Waals surface area contributed by atoms with Crippen LogP contribution in [0.1, 0.15) is 0 Å². The molecule has 0 amide bonds. The largest absolute Gasteiger partial charge is 0 e. The van der Waals surface area contributed by atoms with E-state index in [-0.39, 0.29) is 41.8 Å². The summed E-state index contributed by atoms with van der Waals surface area (Å²) in [4.78, 5) is 8.36. The Labute approximate surface area is 52.0 Å². The van der Waals surface area contributed by atoms with E-state index in [0.29, 0.717) is 0 Å². The van der Waals surface area contributed by atoms with E-state index in [0.717, 1.165) is 0 Å². The second kappa shape index (κ2) is 23.7. The first-order valence-electron chi connectivity index (χ1n) is 0.494. The maximum absolute atomic E-state index is 8.36. The summed E-state index contributed by atoms with van der Waals surface area (Å²) in [6.45, 7) is -0.250. The van der Waals surface area contributed by atoms with Crippen LogP contribution < -0.4 is 0 Å². The third-order valence-electron chi connectivity index (χ3n) is 0. The van der Waals surface area contributed by atoms with Crippen molar-refractivity contribution in [2.75, 3.05) is 0 Å².